The summed E-state index contributed by atoms with van der Waals surface area (Å²) in [6, 6.07) is -0.372. The maximum atomic E-state index is 12.5. The maximum absolute atomic E-state index is 12.5. The summed E-state index contributed by atoms with van der Waals surface area (Å²) in [5.74, 6) is 5.34. The number of nitrogens with zero attached hydrogens (tertiary/aromatic N) is 3. The Labute approximate surface area is 111 Å². The lowest BCUT2D eigenvalue weighted by Crippen LogP contribution is -2.40. The van der Waals surface area contributed by atoms with Gasteiger partial charge < -0.3 is 4.90 Å². The third-order valence-corrected chi connectivity index (χ3v) is 2.66. The van der Waals surface area contributed by atoms with Gasteiger partial charge in [0.15, 0.2) is 0 Å². The van der Waals surface area contributed by atoms with Crippen LogP contribution in [0.5, 0.6) is 0 Å². The number of nitrogens with one attached hydrogen (secondary N) is 1. The summed E-state index contributed by atoms with van der Waals surface area (Å²) in [6.07, 6.45) is -2.96. The number of aromatic nitrogens is 2. The maximum Gasteiger partial charge on any atom is 0.405 e. The molecule has 0 saturated heterocycles. The van der Waals surface area contributed by atoms with Crippen molar-refractivity contribution in [3.63, 3.8) is 0 Å². The number of nitrogens with two attached hydrogens (primary N) is 1. The van der Waals surface area contributed by atoms with Crippen LogP contribution >= 0.6 is 15.9 Å². The van der Waals surface area contributed by atoms with Crippen molar-refractivity contribution in [3.05, 3.63) is 10.7 Å². The number of rotatable bonds is 4. The second kappa shape index (κ2) is 5.70. The number of hydrogen-bond donors (Lipinski definition) is 2. The highest BCUT2D eigenvalue weighted by molar-refractivity contribution is 9.10. The molecule has 5 nitrogen and oxygen atoms in total. The number of hydrazine groups is 1. The van der Waals surface area contributed by atoms with Crippen LogP contribution in [-0.2, 0) is 0 Å². The van der Waals surface area contributed by atoms with E-state index in [1.165, 1.54) is 6.20 Å². The molecule has 3 N–H and O–H groups in total. The Bertz CT molecular complexity index is 410. The van der Waals surface area contributed by atoms with Crippen molar-refractivity contribution in [2.75, 3.05) is 16.9 Å². The summed E-state index contributed by atoms with van der Waals surface area (Å²) in [5.41, 5.74) is 2.20. The van der Waals surface area contributed by atoms with E-state index in [2.05, 4.69) is 31.3 Å². The molecule has 1 aromatic heterocycles. The average Bonchev–Trinajstić information content (AvgIpc) is 2.25. The summed E-state index contributed by atoms with van der Waals surface area (Å²) in [4.78, 5) is 8.84. The van der Waals surface area contributed by atoms with Crippen LogP contribution < -0.4 is 16.2 Å². The van der Waals surface area contributed by atoms with Gasteiger partial charge in [0.25, 0.3) is 0 Å². The van der Waals surface area contributed by atoms with Crippen LogP contribution in [0.3, 0.4) is 0 Å². The van der Waals surface area contributed by atoms with Gasteiger partial charge in [0, 0.05) is 12.2 Å². The van der Waals surface area contributed by atoms with E-state index in [9.17, 15) is 13.2 Å². The molecule has 0 aliphatic heterocycles. The summed E-state index contributed by atoms with van der Waals surface area (Å²) in [7, 11) is 0. The number of anilines is 2. The molecule has 0 saturated carbocycles. The van der Waals surface area contributed by atoms with Crippen LogP contribution in [0, 0.1) is 0 Å². The Balaban J connectivity index is 3.12. The highest BCUT2D eigenvalue weighted by Gasteiger charge is 2.33. The first-order valence-corrected chi connectivity index (χ1v) is 5.86. The zero-order chi connectivity index (χ0) is 13.9. The molecule has 1 heterocycles. The van der Waals surface area contributed by atoms with Gasteiger partial charge in [-0.2, -0.15) is 18.2 Å². The van der Waals surface area contributed by atoms with E-state index < -0.39 is 12.7 Å². The monoisotopic (exact) mass is 327 g/mol. The summed E-state index contributed by atoms with van der Waals surface area (Å²) in [5, 5.41) is 0. The predicted octanol–water partition coefficient (Wildman–Crippen LogP) is 2.30. The molecule has 0 aromatic carbocycles. The average molecular weight is 328 g/mol. The Hall–Kier alpha value is -1.09. The molecule has 0 aliphatic rings. The van der Waals surface area contributed by atoms with Gasteiger partial charge >= 0.3 is 6.18 Å². The largest absolute Gasteiger partial charge is 0.405 e. The zero-order valence-corrected chi connectivity index (χ0v) is 11.4. The molecule has 0 spiro atoms. The van der Waals surface area contributed by atoms with Crippen LogP contribution in [0.2, 0.25) is 0 Å². The van der Waals surface area contributed by atoms with E-state index in [0.29, 0.717) is 4.47 Å². The molecule has 0 unspecified atom stereocenters. The molecular weight excluding hydrogens is 315 g/mol. The van der Waals surface area contributed by atoms with Crippen LogP contribution in [0.4, 0.5) is 24.9 Å². The van der Waals surface area contributed by atoms with Crippen molar-refractivity contribution in [2.45, 2.75) is 26.1 Å². The molecule has 1 aromatic rings. The molecular formula is C9H13BrF3N5. The molecule has 18 heavy (non-hydrogen) atoms. The zero-order valence-electron chi connectivity index (χ0n) is 9.79. The minimum absolute atomic E-state index is 0.0565. The predicted molar refractivity (Wildman–Crippen MR) is 66.1 cm³/mol. The van der Waals surface area contributed by atoms with Gasteiger partial charge in [-0.25, -0.2) is 10.8 Å². The Kier molecular flexibility index (Phi) is 4.74. The van der Waals surface area contributed by atoms with E-state index in [1.807, 2.05) is 0 Å². The fourth-order valence-corrected chi connectivity index (χ4v) is 1.74. The molecule has 1 rings (SSSR count). The molecule has 0 fully saturated rings. The van der Waals surface area contributed by atoms with Crippen molar-refractivity contribution in [1.82, 2.24) is 9.97 Å². The number of halogens is 4. The second-order valence-electron chi connectivity index (χ2n) is 3.85. The van der Waals surface area contributed by atoms with E-state index in [0.717, 1.165) is 4.90 Å². The lowest BCUT2D eigenvalue weighted by atomic mass is 10.3. The van der Waals surface area contributed by atoms with Crippen molar-refractivity contribution < 1.29 is 13.2 Å². The summed E-state index contributed by atoms with van der Waals surface area (Å²) < 4.78 is 37.9. The van der Waals surface area contributed by atoms with Crippen molar-refractivity contribution in [2.24, 2.45) is 5.84 Å². The van der Waals surface area contributed by atoms with Gasteiger partial charge in [-0.3, -0.25) is 5.43 Å². The van der Waals surface area contributed by atoms with E-state index in [4.69, 9.17) is 5.84 Å². The number of alkyl halides is 3. The van der Waals surface area contributed by atoms with Crippen molar-refractivity contribution in [3.8, 4) is 0 Å². The molecule has 0 amide bonds. The minimum atomic E-state index is -4.31. The summed E-state index contributed by atoms with van der Waals surface area (Å²) in [6.45, 7) is 2.20. The normalized spacial score (nSPS) is 11.8. The second-order valence-corrected chi connectivity index (χ2v) is 4.70. The molecule has 0 bridgehead atoms. The van der Waals surface area contributed by atoms with Gasteiger partial charge in [-0.1, -0.05) is 0 Å². The fraction of sp³-hybridized carbons (Fsp3) is 0.556. The standard InChI is InChI=1S/C9H13BrF3N5/c1-5(2)18(4-9(11,12)13)7-6(10)3-15-8(16-7)17-14/h3,5H,4,14H2,1-2H3,(H,15,16,17). The lowest BCUT2D eigenvalue weighted by Gasteiger charge is -2.29. The summed E-state index contributed by atoms with van der Waals surface area (Å²) >= 11 is 3.13. The van der Waals surface area contributed by atoms with E-state index >= 15 is 0 Å². The Morgan fingerprint density at radius 1 is 1.50 bits per heavy atom. The van der Waals surface area contributed by atoms with E-state index in [1.54, 1.807) is 13.8 Å². The first kappa shape index (κ1) is 15.0. The highest BCUT2D eigenvalue weighted by atomic mass is 79.9. The molecule has 0 aliphatic carbocycles. The number of nitrogen functional groups attached to an aromatic ring is 1. The highest BCUT2D eigenvalue weighted by Crippen LogP contribution is 2.29. The van der Waals surface area contributed by atoms with Crippen LogP contribution in [0.1, 0.15) is 13.8 Å². The third kappa shape index (κ3) is 3.98. The Morgan fingerprint density at radius 2 is 2.11 bits per heavy atom. The van der Waals surface area contributed by atoms with E-state index in [-0.39, 0.29) is 17.8 Å². The van der Waals surface area contributed by atoms with Crippen molar-refractivity contribution >= 4 is 27.7 Å². The smallest absolute Gasteiger partial charge is 0.344 e. The van der Waals surface area contributed by atoms with Gasteiger partial charge in [0.05, 0.1) is 4.47 Å². The first-order chi connectivity index (χ1) is 8.24. The number of hydrogen-bond acceptors (Lipinski definition) is 5. The first-order valence-electron chi connectivity index (χ1n) is 5.07. The molecule has 0 radical (unpaired) electrons. The minimum Gasteiger partial charge on any atom is -0.344 e. The fourth-order valence-electron chi connectivity index (χ4n) is 1.32. The quantitative estimate of drug-likeness (QED) is 0.656. The van der Waals surface area contributed by atoms with Gasteiger partial charge in [-0.05, 0) is 29.8 Å². The third-order valence-electron chi connectivity index (χ3n) is 2.10. The van der Waals surface area contributed by atoms with Crippen LogP contribution in [0.15, 0.2) is 10.7 Å². The molecule has 102 valence electrons. The van der Waals surface area contributed by atoms with Crippen LogP contribution in [0.25, 0.3) is 0 Å². The Morgan fingerprint density at radius 3 is 2.56 bits per heavy atom. The topological polar surface area (TPSA) is 67.1 Å². The van der Waals surface area contributed by atoms with Gasteiger partial charge in [0.2, 0.25) is 5.95 Å². The molecule has 0 atom stereocenters. The lowest BCUT2D eigenvalue weighted by molar-refractivity contribution is -0.120. The van der Waals surface area contributed by atoms with Gasteiger partial charge in [0.1, 0.15) is 12.4 Å². The SMILES string of the molecule is CC(C)N(CC(F)(F)F)c1nc(NN)ncc1Br. The van der Waals surface area contributed by atoms with Crippen molar-refractivity contribution in [1.29, 1.82) is 0 Å². The van der Waals surface area contributed by atoms with Crippen LogP contribution in [-0.4, -0.2) is 28.7 Å². The molecule has 9 heteroatoms. The van der Waals surface area contributed by atoms with Gasteiger partial charge in [-0.15, -0.1) is 0 Å².